The van der Waals surface area contributed by atoms with Crippen molar-refractivity contribution in [2.24, 2.45) is 0 Å². The first-order valence-corrected chi connectivity index (χ1v) is 5.10. The Morgan fingerprint density at radius 1 is 1.31 bits per heavy atom. The molecule has 2 unspecified atom stereocenters. The average Bonchev–Trinajstić information content (AvgIpc) is 2.53. The molecule has 0 saturated carbocycles. The van der Waals surface area contributed by atoms with Gasteiger partial charge in [-0.05, 0) is 17.7 Å². The van der Waals surface area contributed by atoms with Crippen LogP contribution in [0, 0.1) is 0 Å². The van der Waals surface area contributed by atoms with Crippen molar-refractivity contribution in [1.29, 1.82) is 0 Å². The zero-order valence-electron chi connectivity index (χ0n) is 7.11. The van der Waals surface area contributed by atoms with Gasteiger partial charge in [0.1, 0.15) is 0 Å². The van der Waals surface area contributed by atoms with E-state index in [0.717, 1.165) is 4.47 Å². The summed E-state index contributed by atoms with van der Waals surface area (Å²) >= 11 is 3.39. The number of aliphatic hydroxyl groups excluding tert-OH is 1. The number of halogens is 1. The molecule has 1 heterocycles. The van der Waals surface area contributed by atoms with Crippen LogP contribution in [0.25, 0.3) is 0 Å². The minimum Gasteiger partial charge on any atom is -0.368 e. The van der Waals surface area contributed by atoms with Crippen molar-refractivity contribution >= 4 is 15.9 Å². The van der Waals surface area contributed by atoms with Gasteiger partial charge in [-0.3, -0.25) is 0 Å². The van der Waals surface area contributed by atoms with Gasteiger partial charge < -0.3 is 9.84 Å². The molecule has 0 spiro atoms. The van der Waals surface area contributed by atoms with Gasteiger partial charge in [-0.15, -0.1) is 0 Å². The molecule has 1 aliphatic rings. The molecule has 0 radical (unpaired) electrons. The number of aliphatic hydroxyl groups is 1. The van der Waals surface area contributed by atoms with Gasteiger partial charge in [-0.25, -0.2) is 0 Å². The van der Waals surface area contributed by atoms with Crippen molar-refractivity contribution in [2.45, 2.75) is 18.6 Å². The number of hydrogen-bond donors (Lipinski definition) is 1. The van der Waals surface area contributed by atoms with E-state index in [1.165, 1.54) is 5.56 Å². The van der Waals surface area contributed by atoms with E-state index in [0.29, 0.717) is 18.9 Å². The molecule has 13 heavy (non-hydrogen) atoms. The first-order chi connectivity index (χ1) is 6.25. The van der Waals surface area contributed by atoms with Crippen molar-refractivity contribution < 1.29 is 9.84 Å². The Balaban J connectivity index is 2.13. The largest absolute Gasteiger partial charge is 0.368 e. The third kappa shape index (κ3) is 2.10. The monoisotopic (exact) mass is 242 g/mol. The lowest BCUT2D eigenvalue weighted by atomic mass is 9.98. The van der Waals surface area contributed by atoms with Gasteiger partial charge in [-0.2, -0.15) is 0 Å². The Kier molecular flexibility index (Phi) is 2.67. The predicted molar refractivity (Wildman–Crippen MR) is 53.5 cm³/mol. The van der Waals surface area contributed by atoms with Crippen LogP contribution in [0.5, 0.6) is 0 Å². The van der Waals surface area contributed by atoms with Crippen molar-refractivity contribution in [3.63, 3.8) is 0 Å². The minimum absolute atomic E-state index is 0.350. The van der Waals surface area contributed by atoms with Crippen molar-refractivity contribution in [3.05, 3.63) is 34.3 Å². The van der Waals surface area contributed by atoms with Crippen LogP contribution in [-0.2, 0) is 4.74 Å². The molecule has 0 aromatic heterocycles. The van der Waals surface area contributed by atoms with Crippen LogP contribution in [0.4, 0.5) is 0 Å². The summed E-state index contributed by atoms with van der Waals surface area (Å²) in [6.45, 7) is 0.628. The molecule has 0 bridgehead atoms. The lowest BCUT2D eigenvalue weighted by Gasteiger charge is -2.06. The Morgan fingerprint density at radius 3 is 2.54 bits per heavy atom. The Morgan fingerprint density at radius 2 is 2.00 bits per heavy atom. The summed E-state index contributed by atoms with van der Waals surface area (Å²) in [5, 5.41) is 9.18. The molecule has 1 fully saturated rings. The quantitative estimate of drug-likeness (QED) is 0.819. The highest BCUT2D eigenvalue weighted by atomic mass is 79.9. The molecule has 2 nitrogen and oxygen atoms in total. The van der Waals surface area contributed by atoms with Gasteiger partial charge in [0.15, 0.2) is 6.29 Å². The lowest BCUT2D eigenvalue weighted by Crippen LogP contribution is -2.00. The number of hydrogen-bond acceptors (Lipinski definition) is 2. The van der Waals surface area contributed by atoms with Gasteiger partial charge in [0.2, 0.25) is 0 Å². The van der Waals surface area contributed by atoms with Crippen LogP contribution in [0.2, 0.25) is 0 Å². The molecule has 0 aliphatic carbocycles. The topological polar surface area (TPSA) is 29.5 Å². The maximum Gasteiger partial charge on any atom is 0.155 e. The molecular weight excluding hydrogens is 232 g/mol. The van der Waals surface area contributed by atoms with Crippen LogP contribution in [-0.4, -0.2) is 18.0 Å². The van der Waals surface area contributed by atoms with Crippen molar-refractivity contribution in [2.75, 3.05) is 6.61 Å². The number of rotatable bonds is 1. The Labute approximate surface area is 85.7 Å². The fourth-order valence-electron chi connectivity index (χ4n) is 1.57. The summed E-state index contributed by atoms with van der Waals surface area (Å²) in [5.41, 5.74) is 1.24. The van der Waals surface area contributed by atoms with Crippen molar-refractivity contribution in [3.8, 4) is 0 Å². The van der Waals surface area contributed by atoms with Gasteiger partial charge in [0, 0.05) is 16.8 Å². The summed E-state index contributed by atoms with van der Waals surface area (Å²) in [4.78, 5) is 0. The van der Waals surface area contributed by atoms with E-state index in [9.17, 15) is 5.11 Å². The van der Waals surface area contributed by atoms with Gasteiger partial charge in [-0.1, -0.05) is 28.1 Å². The predicted octanol–water partition coefficient (Wildman–Crippen LogP) is 2.27. The third-order valence-electron chi connectivity index (χ3n) is 2.32. The molecule has 1 aromatic rings. The maximum atomic E-state index is 9.18. The van der Waals surface area contributed by atoms with Crippen LogP contribution in [0.3, 0.4) is 0 Å². The van der Waals surface area contributed by atoms with Crippen LogP contribution in [0.1, 0.15) is 17.9 Å². The molecule has 1 saturated heterocycles. The molecule has 70 valence electrons. The smallest absolute Gasteiger partial charge is 0.155 e. The Hall–Kier alpha value is -0.380. The molecule has 1 aromatic carbocycles. The van der Waals surface area contributed by atoms with Gasteiger partial charge >= 0.3 is 0 Å². The summed E-state index contributed by atoms with van der Waals surface area (Å²) in [6, 6.07) is 8.16. The highest BCUT2D eigenvalue weighted by Crippen LogP contribution is 2.28. The second kappa shape index (κ2) is 3.78. The normalized spacial score (nSPS) is 27.8. The van der Waals surface area contributed by atoms with Gasteiger partial charge in [0.25, 0.3) is 0 Å². The summed E-state index contributed by atoms with van der Waals surface area (Å²) in [5.74, 6) is 0.350. The Bertz CT molecular complexity index is 283. The minimum atomic E-state index is -0.575. The highest BCUT2D eigenvalue weighted by Gasteiger charge is 2.24. The first kappa shape index (κ1) is 9.19. The fourth-order valence-corrected chi connectivity index (χ4v) is 1.84. The molecular formula is C10H11BrO2. The molecule has 3 heteroatoms. The van der Waals surface area contributed by atoms with Gasteiger partial charge in [0.05, 0.1) is 6.61 Å². The molecule has 2 rings (SSSR count). The average molecular weight is 243 g/mol. The second-order valence-corrected chi connectivity index (χ2v) is 4.19. The molecule has 0 amide bonds. The van der Waals surface area contributed by atoms with E-state index in [-0.39, 0.29) is 0 Å². The fraction of sp³-hybridized carbons (Fsp3) is 0.400. The van der Waals surface area contributed by atoms with E-state index >= 15 is 0 Å². The maximum absolute atomic E-state index is 9.18. The van der Waals surface area contributed by atoms with E-state index in [2.05, 4.69) is 28.1 Å². The molecule has 1 aliphatic heterocycles. The third-order valence-corrected chi connectivity index (χ3v) is 2.85. The van der Waals surface area contributed by atoms with Crippen LogP contribution >= 0.6 is 15.9 Å². The molecule has 2 atom stereocenters. The standard InChI is InChI=1S/C10H11BrO2/c11-9-3-1-7(2-4-9)8-5-10(12)13-6-8/h1-4,8,10,12H,5-6H2. The first-order valence-electron chi connectivity index (χ1n) is 4.31. The highest BCUT2D eigenvalue weighted by molar-refractivity contribution is 9.10. The molecule has 1 N–H and O–H groups in total. The van der Waals surface area contributed by atoms with E-state index in [1.807, 2.05) is 12.1 Å². The van der Waals surface area contributed by atoms with E-state index < -0.39 is 6.29 Å². The lowest BCUT2D eigenvalue weighted by molar-refractivity contribution is -0.0589. The van der Waals surface area contributed by atoms with Crippen molar-refractivity contribution in [1.82, 2.24) is 0 Å². The van der Waals surface area contributed by atoms with Crippen LogP contribution < -0.4 is 0 Å². The number of ether oxygens (including phenoxy) is 1. The zero-order valence-corrected chi connectivity index (χ0v) is 8.70. The van der Waals surface area contributed by atoms with E-state index in [4.69, 9.17) is 4.74 Å². The summed E-state index contributed by atoms with van der Waals surface area (Å²) in [6.07, 6.45) is 0.135. The second-order valence-electron chi connectivity index (χ2n) is 3.27. The SMILES string of the molecule is OC1CC(c2ccc(Br)cc2)CO1. The summed E-state index contributed by atoms with van der Waals surface area (Å²) < 4.78 is 6.17. The zero-order chi connectivity index (χ0) is 9.26. The van der Waals surface area contributed by atoms with Crippen LogP contribution in [0.15, 0.2) is 28.7 Å². The summed E-state index contributed by atoms with van der Waals surface area (Å²) in [7, 11) is 0. The number of benzene rings is 1. The van der Waals surface area contributed by atoms with E-state index in [1.54, 1.807) is 0 Å².